The van der Waals surface area contributed by atoms with E-state index < -0.39 is 0 Å². The molecule has 0 atom stereocenters. The molecule has 2 aromatic carbocycles. The highest BCUT2D eigenvalue weighted by Crippen LogP contribution is 2.30. The highest BCUT2D eigenvalue weighted by Gasteiger charge is 2.13. The molecule has 0 aliphatic heterocycles. The number of hydrogen-bond acceptors (Lipinski definition) is 4. The van der Waals surface area contributed by atoms with E-state index in [1.807, 2.05) is 63.2 Å². The summed E-state index contributed by atoms with van der Waals surface area (Å²) in [5.74, 6) is 0.517. The molecule has 0 saturated heterocycles. The summed E-state index contributed by atoms with van der Waals surface area (Å²) >= 11 is 4.92. The second-order valence-corrected chi connectivity index (χ2v) is 8.11. The summed E-state index contributed by atoms with van der Waals surface area (Å²) in [6.45, 7) is 5.87. The first kappa shape index (κ1) is 18.6. The number of thiazole rings is 1. The summed E-state index contributed by atoms with van der Waals surface area (Å²) < 4.78 is 6.72. The molecule has 134 valence electrons. The van der Waals surface area contributed by atoms with Gasteiger partial charge in [-0.25, -0.2) is 4.98 Å². The van der Waals surface area contributed by atoms with Crippen molar-refractivity contribution in [3.63, 3.8) is 0 Å². The molecule has 3 aromatic rings. The van der Waals surface area contributed by atoms with E-state index in [9.17, 15) is 4.79 Å². The Balaban J connectivity index is 1.66. The Kier molecular flexibility index (Phi) is 5.74. The molecule has 1 N–H and O–H groups in total. The fourth-order valence-corrected chi connectivity index (χ4v) is 4.27. The van der Waals surface area contributed by atoms with E-state index in [2.05, 4.69) is 26.2 Å². The molecule has 0 bridgehead atoms. The SMILES string of the molecule is Cc1cc(Br)cc(C)c1OCC(=O)Nc1nc(-c2ccccc2)c(C)s1. The molecule has 0 fully saturated rings. The average molecular weight is 431 g/mol. The standard InChI is InChI=1S/C20H19BrN2O2S/c1-12-9-16(21)10-13(2)19(12)25-11-17(24)22-20-23-18(14(3)26-20)15-7-5-4-6-8-15/h4-10H,11H2,1-3H3,(H,22,23,24). The maximum atomic E-state index is 12.3. The van der Waals surface area contributed by atoms with E-state index in [0.717, 1.165) is 37.5 Å². The summed E-state index contributed by atoms with van der Waals surface area (Å²) in [6.07, 6.45) is 0. The Morgan fingerprint density at radius 1 is 1.15 bits per heavy atom. The Labute approximate surface area is 165 Å². The van der Waals surface area contributed by atoms with Gasteiger partial charge >= 0.3 is 0 Å². The van der Waals surface area contributed by atoms with E-state index in [0.29, 0.717) is 5.13 Å². The van der Waals surface area contributed by atoms with Gasteiger partial charge in [-0.05, 0) is 44.0 Å². The number of carbonyl (C=O) groups excluding carboxylic acids is 1. The van der Waals surface area contributed by atoms with Crippen LogP contribution in [0.5, 0.6) is 5.75 Å². The Bertz CT molecular complexity index is 915. The van der Waals surface area contributed by atoms with Crippen molar-refractivity contribution in [1.29, 1.82) is 0 Å². The Hall–Kier alpha value is -2.18. The zero-order valence-corrected chi connectivity index (χ0v) is 17.2. The number of nitrogens with one attached hydrogen (secondary N) is 1. The van der Waals surface area contributed by atoms with Crippen LogP contribution in [0.2, 0.25) is 0 Å². The normalized spacial score (nSPS) is 10.6. The van der Waals surface area contributed by atoms with E-state index in [1.165, 1.54) is 11.3 Å². The third-order valence-electron chi connectivity index (χ3n) is 3.86. The second kappa shape index (κ2) is 8.01. The van der Waals surface area contributed by atoms with Crippen LogP contribution >= 0.6 is 27.3 Å². The third-order valence-corrected chi connectivity index (χ3v) is 5.21. The first-order chi connectivity index (χ1) is 12.4. The quantitative estimate of drug-likeness (QED) is 0.579. The van der Waals surface area contributed by atoms with Gasteiger partial charge in [-0.15, -0.1) is 11.3 Å². The second-order valence-electron chi connectivity index (χ2n) is 6.00. The van der Waals surface area contributed by atoms with Gasteiger partial charge in [0.2, 0.25) is 0 Å². The van der Waals surface area contributed by atoms with Gasteiger partial charge in [-0.1, -0.05) is 46.3 Å². The monoisotopic (exact) mass is 430 g/mol. The fourth-order valence-electron chi connectivity index (χ4n) is 2.73. The number of ether oxygens (including phenoxy) is 1. The van der Waals surface area contributed by atoms with Crippen molar-refractivity contribution in [3.8, 4) is 17.0 Å². The van der Waals surface area contributed by atoms with Crippen molar-refractivity contribution in [1.82, 2.24) is 4.98 Å². The van der Waals surface area contributed by atoms with Crippen molar-refractivity contribution in [2.45, 2.75) is 20.8 Å². The Morgan fingerprint density at radius 3 is 2.46 bits per heavy atom. The van der Waals surface area contributed by atoms with E-state index in [4.69, 9.17) is 4.74 Å². The number of anilines is 1. The third kappa shape index (κ3) is 4.31. The van der Waals surface area contributed by atoms with Crippen LogP contribution < -0.4 is 10.1 Å². The predicted octanol–water partition coefficient (Wildman–Crippen LogP) is 5.52. The molecule has 0 spiro atoms. The molecular weight excluding hydrogens is 412 g/mol. The van der Waals surface area contributed by atoms with Crippen molar-refractivity contribution in [2.75, 3.05) is 11.9 Å². The molecule has 0 saturated carbocycles. The molecule has 1 aromatic heterocycles. The number of aromatic nitrogens is 1. The summed E-state index contributed by atoms with van der Waals surface area (Å²) in [6, 6.07) is 13.9. The van der Waals surface area contributed by atoms with E-state index in [-0.39, 0.29) is 12.5 Å². The van der Waals surface area contributed by atoms with Crippen molar-refractivity contribution in [3.05, 3.63) is 62.9 Å². The zero-order valence-electron chi connectivity index (χ0n) is 14.8. The molecule has 0 aliphatic rings. The first-order valence-corrected chi connectivity index (χ1v) is 9.77. The molecule has 0 unspecified atom stereocenters. The van der Waals surface area contributed by atoms with Crippen LogP contribution in [0.4, 0.5) is 5.13 Å². The molecular formula is C20H19BrN2O2S. The molecule has 1 amide bonds. The van der Waals surface area contributed by atoms with Gasteiger partial charge in [0, 0.05) is 14.9 Å². The van der Waals surface area contributed by atoms with Gasteiger partial charge in [0.15, 0.2) is 11.7 Å². The highest BCUT2D eigenvalue weighted by atomic mass is 79.9. The van der Waals surface area contributed by atoms with Crippen LogP contribution in [-0.2, 0) is 4.79 Å². The van der Waals surface area contributed by atoms with Crippen LogP contribution in [0.25, 0.3) is 11.3 Å². The van der Waals surface area contributed by atoms with Gasteiger partial charge in [-0.2, -0.15) is 0 Å². The highest BCUT2D eigenvalue weighted by molar-refractivity contribution is 9.10. The van der Waals surface area contributed by atoms with E-state index >= 15 is 0 Å². The summed E-state index contributed by atoms with van der Waals surface area (Å²) in [5, 5.41) is 3.41. The minimum atomic E-state index is -0.222. The maximum absolute atomic E-state index is 12.3. The largest absolute Gasteiger partial charge is 0.483 e. The van der Waals surface area contributed by atoms with Gasteiger partial charge in [-0.3, -0.25) is 10.1 Å². The number of amides is 1. The number of nitrogens with zero attached hydrogens (tertiary/aromatic N) is 1. The molecule has 3 rings (SSSR count). The number of benzene rings is 2. The molecule has 0 radical (unpaired) electrons. The maximum Gasteiger partial charge on any atom is 0.264 e. The van der Waals surface area contributed by atoms with Crippen LogP contribution in [0.3, 0.4) is 0 Å². The zero-order chi connectivity index (χ0) is 18.7. The smallest absolute Gasteiger partial charge is 0.264 e. The average Bonchev–Trinajstić information content (AvgIpc) is 2.95. The van der Waals surface area contributed by atoms with Gasteiger partial charge < -0.3 is 4.74 Å². The number of hydrogen-bond donors (Lipinski definition) is 1. The minimum absolute atomic E-state index is 0.0530. The van der Waals surface area contributed by atoms with Crippen LogP contribution in [-0.4, -0.2) is 17.5 Å². The summed E-state index contributed by atoms with van der Waals surface area (Å²) in [5.41, 5.74) is 3.91. The molecule has 1 heterocycles. The topological polar surface area (TPSA) is 51.2 Å². The van der Waals surface area contributed by atoms with Gasteiger partial charge in [0.1, 0.15) is 5.75 Å². The lowest BCUT2D eigenvalue weighted by Crippen LogP contribution is -2.20. The number of rotatable bonds is 5. The number of halogens is 1. The summed E-state index contributed by atoms with van der Waals surface area (Å²) in [7, 11) is 0. The number of carbonyl (C=O) groups is 1. The lowest BCUT2D eigenvalue weighted by Gasteiger charge is -2.12. The van der Waals surface area contributed by atoms with Crippen molar-refractivity contribution < 1.29 is 9.53 Å². The lowest BCUT2D eigenvalue weighted by molar-refractivity contribution is -0.118. The summed E-state index contributed by atoms with van der Waals surface area (Å²) in [4.78, 5) is 17.9. The Morgan fingerprint density at radius 2 is 1.81 bits per heavy atom. The molecule has 0 aliphatic carbocycles. The van der Waals surface area contributed by atoms with Crippen LogP contribution in [0.15, 0.2) is 46.9 Å². The lowest BCUT2D eigenvalue weighted by atomic mass is 10.1. The van der Waals surface area contributed by atoms with E-state index in [1.54, 1.807) is 0 Å². The molecule has 4 nitrogen and oxygen atoms in total. The number of aryl methyl sites for hydroxylation is 3. The predicted molar refractivity (Wildman–Crippen MR) is 110 cm³/mol. The van der Waals surface area contributed by atoms with Gasteiger partial charge in [0.25, 0.3) is 5.91 Å². The van der Waals surface area contributed by atoms with Gasteiger partial charge in [0.05, 0.1) is 5.69 Å². The fraction of sp³-hybridized carbons (Fsp3) is 0.200. The van der Waals surface area contributed by atoms with Crippen LogP contribution in [0.1, 0.15) is 16.0 Å². The molecule has 6 heteroatoms. The van der Waals surface area contributed by atoms with Crippen molar-refractivity contribution >= 4 is 38.3 Å². The van der Waals surface area contributed by atoms with Crippen molar-refractivity contribution in [2.24, 2.45) is 0 Å². The molecule has 26 heavy (non-hydrogen) atoms. The van der Waals surface area contributed by atoms with Crippen LogP contribution in [0, 0.1) is 20.8 Å². The first-order valence-electron chi connectivity index (χ1n) is 8.16. The minimum Gasteiger partial charge on any atom is -0.483 e.